The quantitative estimate of drug-likeness (QED) is 0.356. The molecule has 4 atom stereocenters. The number of anilines is 1. The number of nitrogens with two attached hydrogens (primary N) is 1. The molecule has 116 valence electrons. The van der Waals surface area contributed by atoms with Gasteiger partial charge in [0.1, 0.15) is 30.7 Å². The number of nitrogen functional groups attached to an aromatic ring is 1. The third-order valence-electron chi connectivity index (χ3n) is 3.22. The van der Waals surface area contributed by atoms with Crippen molar-refractivity contribution in [3.05, 3.63) is 22.2 Å². The smallest absolute Gasteiger partial charge is 0.351 e. The Morgan fingerprint density at radius 3 is 2.57 bits per heavy atom. The Balaban J connectivity index is 2.45. The predicted octanol–water partition coefficient (Wildman–Crippen LogP) is -3.39. The molecule has 0 aliphatic carbocycles. The summed E-state index contributed by atoms with van der Waals surface area (Å²) in [6, 6.07) is 0. The number of carbonyl (C=O) groups is 1. The average Bonchev–Trinajstić information content (AvgIpc) is 2.74. The van der Waals surface area contributed by atoms with Gasteiger partial charge in [-0.1, -0.05) is 0 Å². The first-order valence-electron chi connectivity index (χ1n) is 6.05. The molecule has 1 fully saturated rings. The molecule has 2 heterocycles. The third kappa shape index (κ3) is 2.66. The fourth-order valence-electron chi connectivity index (χ4n) is 2.07. The van der Waals surface area contributed by atoms with Crippen LogP contribution in [0.2, 0.25) is 0 Å². The maximum absolute atomic E-state index is 11.8. The molecule has 1 aliphatic rings. The molecule has 10 nitrogen and oxygen atoms in total. The molecule has 0 radical (unpaired) electrons. The zero-order valence-electron chi connectivity index (χ0n) is 10.8. The highest BCUT2D eigenvalue weighted by atomic mass is 16.6. The van der Waals surface area contributed by atoms with Crippen LogP contribution in [0.25, 0.3) is 0 Å². The number of ketones is 1. The van der Waals surface area contributed by atoms with Gasteiger partial charge >= 0.3 is 5.69 Å². The van der Waals surface area contributed by atoms with Gasteiger partial charge in [0, 0.05) is 6.20 Å². The van der Waals surface area contributed by atoms with Gasteiger partial charge in [-0.3, -0.25) is 9.36 Å². The van der Waals surface area contributed by atoms with E-state index in [1.165, 1.54) is 0 Å². The van der Waals surface area contributed by atoms with Crippen LogP contribution in [-0.4, -0.2) is 67.3 Å². The molecule has 1 aromatic heterocycles. The van der Waals surface area contributed by atoms with Gasteiger partial charge in [0.25, 0.3) is 0 Å². The van der Waals surface area contributed by atoms with Crippen LogP contribution in [-0.2, 0) is 4.74 Å². The minimum absolute atomic E-state index is 0.213. The standard InChI is InChI=1S/C11H15N3O7/c12-9-4(5(17)2-15)1-14(11(20)13-9)10-8(19)7(18)6(3-16)21-10/h1,6-8,10,15-16,18-19H,2-3H2,(H2,12,13,20)/t6-,7-,8-,10-/m1/s1. The van der Waals surface area contributed by atoms with Crippen molar-refractivity contribution in [1.29, 1.82) is 0 Å². The summed E-state index contributed by atoms with van der Waals surface area (Å²) in [7, 11) is 0. The maximum Gasteiger partial charge on any atom is 0.351 e. The van der Waals surface area contributed by atoms with E-state index in [0.29, 0.717) is 0 Å². The van der Waals surface area contributed by atoms with Gasteiger partial charge in [-0.25, -0.2) is 4.79 Å². The largest absolute Gasteiger partial charge is 0.394 e. The normalized spacial score (nSPS) is 28.8. The molecule has 21 heavy (non-hydrogen) atoms. The average molecular weight is 301 g/mol. The lowest BCUT2D eigenvalue weighted by molar-refractivity contribution is -0.0550. The van der Waals surface area contributed by atoms with Crippen LogP contribution in [0.4, 0.5) is 5.82 Å². The van der Waals surface area contributed by atoms with E-state index in [9.17, 15) is 19.8 Å². The van der Waals surface area contributed by atoms with E-state index >= 15 is 0 Å². The zero-order valence-corrected chi connectivity index (χ0v) is 10.8. The number of aliphatic hydroxyl groups excluding tert-OH is 4. The number of Topliss-reactive ketones (excluding diaryl/α,β-unsaturated/α-hetero) is 1. The fraction of sp³-hybridized carbons (Fsp3) is 0.545. The molecule has 0 amide bonds. The number of hydrogen-bond donors (Lipinski definition) is 5. The van der Waals surface area contributed by atoms with Gasteiger partial charge in [-0.2, -0.15) is 4.98 Å². The highest BCUT2D eigenvalue weighted by Gasteiger charge is 2.44. The fourth-order valence-corrected chi connectivity index (χ4v) is 2.07. The number of carbonyl (C=O) groups excluding carboxylic acids is 1. The van der Waals surface area contributed by atoms with Crippen LogP contribution < -0.4 is 11.4 Å². The molecule has 1 aliphatic heterocycles. The van der Waals surface area contributed by atoms with Gasteiger partial charge in [-0.15, -0.1) is 0 Å². The highest BCUT2D eigenvalue weighted by molar-refractivity contribution is 6.00. The van der Waals surface area contributed by atoms with Crippen molar-refractivity contribution in [2.24, 2.45) is 0 Å². The van der Waals surface area contributed by atoms with Crippen molar-refractivity contribution >= 4 is 11.6 Å². The van der Waals surface area contributed by atoms with Gasteiger partial charge in [0.05, 0.1) is 12.2 Å². The van der Waals surface area contributed by atoms with Gasteiger partial charge in [0.15, 0.2) is 12.0 Å². The molecular formula is C11H15N3O7. The molecule has 0 aromatic carbocycles. The molecule has 2 rings (SSSR count). The molecule has 0 unspecified atom stereocenters. The summed E-state index contributed by atoms with van der Waals surface area (Å²) in [5.41, 5.74) is 4.31. The SMILES string of the molecule is Nc1nc(=O)n([C@@H]2O[C@H](CO)[C@@H](O)[C@H]2O)cc1C(=O)CO. The number of aromatic nitrogens is 2. The molecule has 6 N–H and O–H groups in total. The van der Waals surface area contributed by atoms with Crippen LogP contribution in [0.1, 0.15) is 16.6 Å². The first kappa shape index (κ1) is 15.5. The first-order chi connectivity index (χ1) is 9.90. The molecule has 0 spiro atoms. The van der Waals surface area contributed by atoms with Crippen LogP contribution in [0.15, 0.2) is 11.0 Å². The van der Waals surface area contributed by atoms with Gasteiger partial charge < -0.3 is 30.9 Å². The third-order valence-corrected chi connectivity index (χ3v) is 3.22. The summed E-state index contributed by atoms with van der Waals surface area (Å²) >= 11 is 0. The van der Waals surface area contributed by atoms with Gasteiger partial charge in [0.2, 0.25) is 0 Å². The monoisotopic (exact) mass is 301 g/mol. The molecule has 1 saturated heterocycles. The summed E-state index contributed by atoms with van der Waals surface area (Å²) < 4.78 is 5.95. The zero-order chi connectivity index (χ0) is 15.7. The molecule has 1 aromatic rings. The topological polar surface area (TPSA) is 168 Å². The Morgan fingerprint density at radius 1 is 1.38 bits per heavy atom. The summed E-state index contributed by atoms with van der Waals surface area (Å²) in [4.78, 5) is 26.7. The second-order valence-corrected chi connectivity index (χ2v) is 4.54. The minimum atomic E-state index is -1.50. The van der Waals surface area contributed by atoms with E-state index < -0.39 is 49.2 Å². The van der Waals surface area contributed by atoms with Crippen molar-refractivity contribution in [3.8, 4) is 0 Å². The van der Waals surface area contributed by atoms with E-state index in [0.717, 1.165) is 10.8 Å². The number of rotatable bonds is 4. The summed E-state index contributed by atoms with van der Waals surface area (Å²) in [6.07, 6.45) is -4.32. The second kappa shape index (κ2) is 5.87. The lowest BCUT2D eigenvalue weighted by Crippen LogP contribution is -2.36. The van der Waals surface area contributed by atoms with E-state index in [-0.39, 0.29) is 11.4 Å². The Labute approximate surface area is 118 Å². The van der Waals surface area contributed by atoms with E-state index in [2.05, 4.69) is 4.98 Å². The van der Waals surface area contributed by atoms with Crippen LogP contribution in [0.5, 0.6) is 0 Å². The highest BCUT2D eigenvalue weighted by Crippen LogP contribution is 2.28. The number of nitrogens with zero attached hydrogens (tertiary/aromatic N) is 2. The Kier molecular flexibility index (Phi) is 4.34. The first-order valence-corrected chi connectivity index (χ1v) is 6.05. The van der Waals surface area contributed by atoms with Crippen molar-refractivity contribution in [1.82, 2.24) is 9.55 Å². The van der Waals surface area contributed by atoms with Crippen molar-refractivity contribution in [3.63, 3.8) is 0 Å². The Bertz CT molecular complexity index is 602. The molecule has 0 saturated carbocycles. The van der Waals surface area contributed by atoms with Crippen LogP contribution in [0, 0.1) is 0 Å². The predicted molar refractivity (Wildman–Crippen MR) is 67.3 cm³/mol. The van der Waals surface area contributed by atoms with E-state index in [4.69, 9.17) is 20.7 Å². The van der Waals surface area contributed by atoms with Crippen molar-refractivity contribution in [2.75, 3.05) is 18.9 Å². The van der Waals surface area contributed by atoms with Gasteiger partial charge in [-0.05, 0) is 0 Å². The number of ether oxygens (including phenoxy) is 1. The second-order valence-electron chi connectivity index (χ2n) is 4.54. The van der Waals surface area contributed by atoms with Crippen LogP contribution in [0.3, 0.4) is 0 Å². The summed E-state index contributed by atoms with van der Waals surface area (Å²) in [6.45, 7) is -1.39. The van der Waals surface area contributed by atoms with Crippen molar-refractivity contribution < 1.29 is 30.0 Å². The molecule has 10 heteroatoms. The summed E-state index contributed by atoms with van der Waals surface area (Å²) in [5, 5.41) is 37.4. The molecule has 0 bridgehead atoms. The van der Waals surface area contributed by atoms with Crippen molar-refractivity contribution in [2.45, 2.75) is 24.5 Å². The lowest BCUT2D eigenvalue weighted by atomic mass is 10.1. The Hall–Kier alpha value is -1.85. The lowest BCUT2D eigenvalue weighted by Gasteiger charge is -2.18. The van der Waals surface area contributed by atoms with E-state index in [1.54, 1.807) is 0 Å². The van der Waals surface area contributed by atoms with E-state index in [1.807, 2.05) is 0 Å². The number of hydrogen-bond acceptors (Lipinski definition) is 9. The number of aliphatic hydroxyl groups is 4. The van der Waals surface area contributed by atoms with Crippen LogP contribution >= 0.6 is 0 Å². The Morgan fingerprint density at radius 2 is 2.05 bits per heavy atom. The molecular weight excluding hydrogens is 286 g/mol. The maximum atomic E-state index is 11.8. The summed E-state index contributed by atoms with van der Waals surface area (Å²) in [5.74, 6) is -1.12. The minimum Gasteiger partial charge on any atom is -0.394 e.